The van der Waals surface area contributed by atoms with E-state index in [1.165, 1.54) is 0 Å². The Morgan fingerprint density at radius 1 is 1.40 bits per heavy atom. The summed E-state index contributed by atoms with van der Waals surface area (Å²) >= 11 is 2.15. The molecule has 0 aromatic rings. The molecular weight excluding hydrogens is 319 g/mol. The molecule has 0 amide bonds. The molecule has 0 bridgehead atoms. The zero-order valence-corrected chi connectivity index (χ0v) is 13.4. The Balaban J connectivity index is 4.47. The normalized spacial score (nSPS) is 15.6. The van der Waals surface area contributed by atoms with Gasteiger partial charge in [0.25, 0.3) is 0 Å². The molecule has 2 nitrogen and oxygen atoms in total. The fourth-order valence-electron chi connectivity index (χ4n) is 0.872. The van der Waals surface area contributed by atoms with Gasteiger partial charge >= 0.3 is 0 Å². The topological polar surface area (TPSA) is 26.3 Å². The molecule has 0 saturated heterocycles. The van der Waals surface area contributed by atoms with Crippen molar-refractivity contribution in [1.82, 2.24) is 0 Å². The number of rotatable bonds is 5. The van der Waals surface area contributed by atoms with Crippen molar-refractivity contribution in [3.8, 4) is 0 Å². The van der Waals surface area contributed by atoms with Crippen molar-refractivity contribution >= 4 is 37.2 Å². The Kier molecular flexibility index (Phi) is 6.28. The zero-order valence-electron chi connectivity index (χ0n) is 10.2. The first-order valence-electron chi connectivity index (χ1n) is 5.13. The van der Waals surface area contributed by atoms with Gasteiger partial charge in [-0.2, -0.15) is 0 Å². The lowest BCUT2D eigenvalue weighted by atomic mass is 10.2. The van der Waals surface area contributed by atoms with Crippen LogP contribution in [0.5, 0.6) is 0 Å². The van der Waals surface area contributed by atoms with Crippen LogP contribution in [0.4, 0.5) is 0 Å². The standard InChI is InChI=1S/C11H21IO2Si/c1-11(2,3)15(4,5)14-10(9-13)7-6-8-12/h6,8-10H,7H2,1-5H3/t10-/m1/s1. The number of aldehydes is 1. The summed E-state index contributed by atoms with van der Waals surface area (Å²) in [4.78, 5) is 10.9. The highest BCUT2D eigenvalue weighted by Gasteiger charge is 2.38. The van der Waals surface area contributed by atoms with Crippen molar-refractivity contribution in [2.45, 2.75) is 51.4 Å². The summed E-state index contributed by atoms with van der Waals surface area (Å²) in [7, 11) is -1.81. The van der Waals surface area contributed by atoms with Gasteiger partial charge < -0.3 is 9.22 Å². The Labute approximate surface area is 108 Å². The van der Waals surface area contributed by atoms with Gasteiger partial charge in [0.1, 0.15) is 12.4 Å². The molecule has 0 aliphatic heterocycles. The van der Waals surface area contributed by atoms with E-state index < -0.39 is 8.32 Å². The molecule has 0 aromatic heterocycles. The van der Waals surface area contributed by atoms with Gasteiger partial charge in [0.15, 0.2) is 8.32 Å². The molecule has 0 aliphatic carbocycles. The van der Waals surface area contributed by atoms with Crippen LogP contribution in [0.2, 0.25) is 18.1 Å². The molecule has 1 atom stereocenters. The highest BCUT2D eigenvalue weighted by Crippen LogP contribution is 2.37. The summed E-state index contributed by atoms with van der Waals surface area (Å²) in [6.07, 6.45) is 3.28. The molecule has 15 heavy (non-hydrogen) atoms. The molecule has 0 unspecified atom stereocenters. The number of carbonyl (C=O) groups excluding carboxylic acids is 1. The fraction of sp³-hybridized carbons (Fsp3) is 0.727. The second-order valence-electron chi connectivity index (χ2n) is 5.15. The maximum absolute atomic E-state index is 10.9. The van der Waals surface area contributed by atoms with Crippen molar-refractivity contribution in [2.24, 2.45) is 0 Å². The van der Waals surface area contributed by atoms with Gasteiger partial charge in [-0.1, -0.05) is 49.4 Å². The predicted octanol–water partition coefficient (Wildman–Crippen LogP) is 3.91. The molecular formula is C11H21IO2Si. The molecule has 88 valence electrons. The summed E-state index contributed by atoms with van der Waals surface area (Å²) in [5, 5.41) is 0.155. The van der Waals surface area contributed by atoms with E-state index in [1.54, 1.807) is 0 Å². The van der Waals surface area contributed by atoms with Crippen LogP contribution < -0.4 is 0 Å². The predicted molar refractivity (Wildman–Crippen MR) is 75.9 cm³/mol. The van der Waals surface area contributed by atoms with Gasteiger partial charge in [0.2, 0.25) is 0 Å². The van der Waals surface area contributed by atoms with Gasteiger partial charge in [-0.3, -0.25) is 0 Å². The third-order valence-electron chi connectivity index (χ3n) is 2.86. The lowest BCUT2D eigenvalue weighted by Crippen LogP contribution is -2.44. The summed E-state index contributed by atoms with van der Waals surface area (Å²) in [5.41, 5.74) is 0. The third kappa shape index (κ3) is 5.26. The van der Waals surface area contributed by atoms with Crippen molar-refractivity contribution in [1.29, 1.82) is 0 Å². The SMILES string of the molecule is CC(C)(C)[Si](C)(C)O[C@@H](C=O)CC=CI. The Hall–Kier alpha value is 0.317. The van der Waals surface area contributed by atoms with E-state index in [0.29, 0.717) is 6.42 Å². The van der Waals surface area contributed by atoms with E-state index in [-0.39, 0.29) is 11.1 Å². The Morgan fingerprint density at radius 2 is 1.93 bits per heavy atom. The van der Waals surface area contributed by atoms with Gasteiger partial charge in [0, 0.05) is 0 Å². The number of carbonyl (C=O) groups is 1. The molecule has 0 radical (unpaired) electrons. The average Bonchev–Trinajstić information content (AvgIpc) is 2.10. The van der Waals surface area contributed by atoms with Crippen LogP contribution >= 0.6 is 22.6 Å². The Morgan fingerprint density at radius 3 is 2.27 bits per heavy atom. The molecule has 0 heterocycles. The van der Waals surface area contributed by atoms with Crippen LogP contribution in [-0.4, -0.2) is 20.7 Å². The largest absolute Gasteiger partial charge is 0.407 e. The lowest BCUT2D eigenvalue weighted by Gasteiger charge is -2.37. The summed E-state index contributed by atoms with van der Waals surface area (Å²) in [5.74, 6) is 0. The minimum atomic E-state index is -1.81. The first kappa shape index (κ1) is 15.3. The molecule has 0 aliphatic rings. The van der Waals surface area contributed by atoms with E-state index in [4.69, 9.17) is 4.43 Å². The van der Waals surface area contributed by atoms with E-state index in [9.17, 15) is 4.79 Å². The molecule has 0 N–H and O–H groups in total. The van der Waals surface area contributed by atoms with Gasteiger partial charge in [-0.25, -0.2) is 0 Å². The lowest BCUT2D eigenvalue weighted by molar-refractivity contribution is -0.114. The number of hydrogen-bond acceptors (Lipinski definition) is 2. The maximum atomic E-state index is 10.9. The van der Waals surface area contributed by atoms with E-state index in [1.807, 2.05) is 10.2 Å². The minimum absolute atomic E-state index is 0.155. The highest BCUT2D eigenvalue weighted by molar-refractivity contribution is 14.1. The van der Waals surface area contributed by atoms with Crippen LogP contribution in [0, 0.1) is 0 Å². The van der Waals surface area contributed by atoms with Crippen molar-refractivity contribution in [3.63, 3.8) is 0 Å². The quantitative estimate of drug-likeness (QED) is 0.431. The van der Waals surface area contributed by atoms with E-state index in [0.717, 1.165) is 6.29 Å². The summed E-state index contributed by atoms with van der Waals surface area (Å²) in [6.45, 7) is 10.9. The first-order valence-corrected chi connectivity index (χ1v) is 9.28. The van der Waals surface area contributed by atoms with Gasteiger partial charge in [0.05, 0.1) is 0 Å². The Bertz CT molecular complexity index is 231. The smallest absolute Gasteiger partial charge is 0.193 e. The van der Waals surface area contributed by atoms with Crippen molar-refractivity contribution in [2.75, 3.05) is 0 Å². The van der Waals surface area contributed by atoms with Crippen LogP contribution in [0.25, 0.3) is 0 Å². The fourth-order valence-corrected chi connectivity index (χ4v) is 2.43. The first-order chi connectivity index (χ1) is 6.74. The number of halogens is 1. The van der Waals surface area contributed by atoms with Crippen molar-refractivity contribution in [3.05, 3.63) is 10.2 Å². The van der Waals surface area contributed by atoms with Crippen LogP contribution in [-0.2, 0) is 9.22 Å². The average molecular weight is 340 g/mol. The number of hydrogen-bond donors (Lipinski definition) is 0. The summed E-state index contributed by atoms with van der Waals surface area (Å²) in [6, 6.07) is 0. The zero-order chi connectivity index (χ0) is 12.1. The molecule has 0 rings (SSSR count). The molecule has 0 spiro atoms. The molecule has 4 heteroatoms. The van der Waals surface area contributed by atoms with Crippen molar-refractivity contribution < 1.29 is 9.22 Å². The van der Waals surface area contributed by atoms with E-state index >= 15 is 0 Å². The molecule has 0 aromatic carbocycles. The van der Waals surface area contributed by atoms with Crippen LogP contribution in [0.15, 0.2) is 10.2 Å². The monoisotopic (exact) mass is 340 g/mol. The molecule has 0 fully saturated rings. The second kappa shape index (κ2) is 6.15. The molecule has 0 saturated carbocycles. The minimum Gasteiger partial charge on any atom is -0.407 e. The van der Waals surface area contributed by atoms with Gasteiger partial charge in [-0.15, -0.1) is 0 Å². The van der Waals surface area contributed by atoms with Crippen LogP contribution in [0.3, 0.4) is 0 Å². The van der Waals surface area contributed by atoms with E-state index in [2.05, 4.69) is 56.5 Å². The summed E-state index contributed by atoms with van der Waals surface area (Å²) < 4.78 is 7.89. The third-order valence-corrected chi connectivity index (χ3v) is 7.87. The van der Waals surface area contributed by atoms with Gasteiger partial charge in [-0.05, 0) is 28.6 Å². The second-order valence-corrected chi connectivity index (χ2v) is 10.6. The van der Waals surface area contributed by atoms with Crippen LogP contribution in [0.1, 0.15) is 27.2 Å². The highest BCUT2D eigenvalue weighted by atomic mass is 127. The maximum Gasteiger partial charge on any atom is 0.193 e.